The highest BCUT2D eigenvalue weighted by molar-refractivity contribution is 6.35. The molecule has 1 amide bonds. The molecule has 1 unspecified atom stereocenters. The van der Waals surface area contributed by atoms with Gasteiger partial charge in [0.05, 0.1) is 7.11 Å². The molecule has 7 heteroatoms. The second-order valence-electron chi connectivity index (χ2n) is 5.47. The molecule has 0 spiro atoms. The monoisotopic (exact) mass is 359 g/mol. The number of rotatable bonds is 5. The molecule has 0 radical (unpaired) electrons. The molecule has 126 valence electrons. The molecule has 1 N–H and O–H groups in total. The van der Waals surface area contributed by atoms with Crippen LogP contribution in [0.2, 0.25) is 10.0 Å². The van der Waals surface area contributed by atoms with E-state index in [4.69, 9.17) is 32.7 Å². The summed E-state index contributed by atoms with van der Waals surface area (Å²) in [4.78, 5) is 23.9. The van der Waals surface area contributed by atoms with Crippen molar-refractivity contribution in [3.63, 3.8) is 0 Å². The molecule has 5 nitrogen and oxygen atoms in total. The summed E-state index contributed by atoms with van der Waals surface area (Å²) in [5.41, 5.74) is 0.688. The normalized spacial score (nSPS) is 16.0. The summed E-state index contributed by atoms with van der Waals surface area (Å²) >= 11 is 12.0. The van der Waals surface area contributed by atoms with Gasteiger partial charge in [-0.15, -0.1) is 0 Å². The molecule has 0 aromatic heterocycles. The Morgan fingerprint density at radius 1 is 1.30 bits per heavy atom. The van der Waals surface area contributed by atoms with E-state index in [1.54, 1.807) is 18.2 Å². The number of esters is 1. The zero-order valence-electron chi connectivity index (χ0n) is 12.8. The van der Waals surface area contributed by atoms with Gasteiger partial charge in [-0.3, -0.25) is 0 Å². The molecule has 2 rings (SSSR count). The zero-order chi connectivity index (χ0) is 16.8. The number of carbonyl (C=O) groups is 2. The minimum Gasteiger partial charge on any atom is -0.467 e. The quantitative estimate of drug-likeness (QED) is 0.813. The molecule has 1 aromatic rings. The first-order valence-electron chi connectivity index (χ1n) is 7.48. The van der Waals surface area contributed by atoms with Crippen LogP contribution in [0.3, 0.4) is 0 Å². The van der Waals surface area contributed by atoms with E-state index in [-0.39, 0.29) is 12.5 Å². The van der Waals surface area contributed by atoms with Gasteiger partial charge in [0, 0.05) is 16.5 Å². The van der Waals surface area contributed by atoms with Crippen LogP contribution in [0.5, 0.6) is 0 Å². The minimum absolute atomic E-state index is 0.0765. The molecule has 23 heavy (non-hydrogen) atoms. The van der Waals surface area contributed by atoms with Gasteiger partial charge < -0.3 is 14.8 Å². The molecule has 1 aromatic carbocycles. The van der Waals surface area contributed by atoms with Gasteiger partial charge in [0.2, 0.25) is 0 Å². The van der Waals surface area contributed by atoms with Crippen LogP contribution in [0.1, 0.15) is 31.2 Å². The average Bonchev–Trinajstić information content (AvgIpc) is 3.01. The molecule has 0 heterocycles. The van der Waals surface area contributed by atoms with Crippen molar-refractivity contribution < 1.29 is 19.1 Å². The van der Waals surface area contributed by atoms with Crippen molar-refractivity contribution in [3.05, 3.63) is 33.8 Å². The first-order chi connectivity index (χ1) is 11.0. The number of amides is 1. The van der Waals surface area contributed by atoms with E-state index < -0.39 is 18.1 Å². The van der Waals surface area contributed by atoms with Crippen LogP contribution in [0.15, 0.2) is 18.2 Å². The fourth-order valence-corrected chi connectivity index (χ4v) is 3.06. The van der Waals surface area contributed by atoms with Crippen LogP contribution >= 0.6 is 23.2 Å². The number of alkyl carbamates (subject to hydrolysis) is 1. The van der Waals surface area contributed by atoms with Crippen molar-refractivity contribution >= 4 is 35.3 Å². The van der Waals surface area contributed by atoms with E-state index in [1.807, 2.05) is 0 Å². The van der Waals surface area contributed by atoms with Gasteiger partial charge in [0.25, 0.3) is 0 Å². The van der Waals surface area contributed by atoms with E-state index in [9.17, 15) is 9.59 Å². The van der Waals surface area contributed by atoms with Crippen LogP contribution in [0, 0.1) is 0 Å². The molecule has 0 bridgehead atoms. The predicted molar refractivity (Wildman–Crippen MR) is 87.8 cm³/mol. The third-order valence-electron chi connectivity index (χ3n) is 3.79. The van der Waals surface area contributed by atoms with Gasteiger partial charge in [0.1, 0.15) is 12.1 Å². The number of methoxy groups -OCH3 is 1. The fourth-order valence-electron chi connectivity index (χ4n) is 2.58. The van der Waals surface area contributed by atoms with E-state index in [0.29, 0.717) is 15.6 Å². The first kappa shape index (κ1) is 17.9. The Balaban J connectivity index is 2.01. The number of hydrogen-bond donors (Lipinski definition) is 1. The molecule has 1 atom stereocenters. The summed E-state index contributed by atoms with van der Waals surface area (Å²) < 4.78 is 10.1. The second kappa shape index (κ2) is 8.41. The lowest BCUT2D eigenvalue weighted by atomic mass is 10.1. The maximum atomic E-state index is 12.0. The highest BCUT2D eigenvalue weighted by atomic mass is 35.5. The number of carbonyl (C=O) groups excluding carboxylic acids is 2. The third kappa shape index (κ3) is 5.29. The standard InChI is InChI=1S/C16H19Cl2NO4/c1-22-15(20)14(8-10-6-7-11(17)9-13(10)18)19-16(21)23-12-4-2-3-5-12/h6-7,9,12,14H,2-5,8H2,1H3,(H,19,21). The summed E-state index contributed by atoms with van der Waals surface area (Å²) in [7, 11) is 1.27. The molecule has 1 fully saturated rings. The Hall–Kier alpha value is -1.46. The largest absolute Gasteiger partial charge is 0.467 e. The molecule has 1 aliphatic carbocycles. The van der Waals surface area contributed by atoms with Crippen molar-refractivity contribution in [2.45, 2.75) is 44.2 Å². The zero-order valence-corrected chi connectivity index (χ0v) is 14.3. The van der Waals surface area contributed by atoms with Crippen molar-refractivity contribution in [3.8, 4) is 0 Å². The lowest BCUT2D eigenvalue weighted by Crippen LogP contribution is -2.44. The molecule has 0 saturated heterocycles. The van der Waals surface area contributed by atoms with Gasteiger partial charge in [0.15, 0.2) is 0 Å². The Bertz CT molecular complexity index is 573. The number of nitrogens with one attached hydrogen (secondary N) is 1. The Kier molecular flexibility index (Phi) is 6.54. The molecule has 0 aliphatic heterocycles. The number of halogens is 2. The predicted octanol–water partition coefficient (Wildman–Crippen LogP) is 3.75. The number of benzene rings is 1. The van der Waals surface area contributed by atoms with Crippen LogP contribution in [-0.2, 0) is 20.7 Å². The topological polar surface area (TPSA) is 64.6 Å². The fraction of sp³-hybridized carbons (Fsp3) is 0.500. The summed E-state index contributed by atoms with van der Waals surface area (Å²) in [5.74, 6) is -0.556. The molecule has 1 saturated carbocycles. The van der Waals surface area contributed by atoms with Gasteiger partial charge in [-0.25, -0.2) is 9.59 Å². The summed E-state index contributed by atoms with van der Waals surface area (Å²) in [5, 5.41) is 3.49. The van der Waals surface area contributed by atoms with Crippen LogP contribution < -0.4 is 5.32 Å². The van der Waals surface area contributed by atoms with Crippen molar-refractivity contribution in [1.82, 2.24) is 5.32 Å². The van der Waals surface area contributed by atoms with Gasteiger partial charge in [-0.05, 0) is 43.4 Å². The van der Waals surface area contributed by atoms with E-state index >= 15 is 0 Å². The SMILES string of the molecule is COC(=O)C(Cc1ccc(Cl)cc1Cl)NC(=O)OC1CCCC1. The van der Waals surface area contributed by atoms with Crippen LogP contribution in [0.25, 0.3) is 0 Å². The van der Waals surface area contributed by atoms with E-state index in [2.05, 4.69) is 5.32 Å². The Labute approximate surface area is 145 Å². The van der Waals surface area contributed by atoms with Crippen LogP contribution in [-0.4, -0.2) is 31.3 Å². The van der Waals surface area contributed by atoms with E-state index in [1.165, 1.54) is 7.11 Å². The average molecular weight is 360 g/mol. The number of ether oxygens (including phenoxy) is 2. The van der Waals surface area contributed by atoms with Gasteiger partial charge in [-0.2, -0.15) is 0 Å². The lowest BCUT2D eigenvalue weighted by molar-refractivity contribution is -0.143. The second-order valence-corrected chi connectivity index (χ2v) is 6.32. The smallest absolute Gasteiger partial charge is 0.408 e. The Morgan fingerprint density at radius 2 is 2.00 bits per heavy atom. The van der Waals surface area contributed by atoms with Crippen molar-refractivity contribution in [2.24, 2.45) is 0 Å². The highest BCUT2D eigenvalue weighted by Gasteiger charge is 2.26. The molecule has 1 aliphatic rings. The van der Waals surface area contributed by atoms with Crippen LogP contribution in [0.4, 0.5) is 4.79 Å². The maximum absolute atomic E-state index is 12.0. The third-order valence-corrected chi connectivity index (χ3v) is 4.38. The summed E-state index contributed by atoms with van der Waals surface area (Å²) in [6.45, 7) is 0. The van der Waals surface area contributed by atoms with Crippen molar-refractivity contribution in [1.29, 1.82) is 0 Å². The maximum Gasteiger partial charge on any atom is 0.408 e. The summed E-state index contributed by atoms with van der Waals surface area (Å²) in [6, 6.07) is 4.11. The lowest BCUT2D eigenvalue weighted by Gasteiger charge is -2.19. The minimum atomic E-state index is -0.868. The first-order valence-corrected chi connectivity index (χ1v) is 8.24. The summed E-state index contributed by atoms with van der Waals surface area (Å²) in [6.07, 6.45) is 3.34. The van der Waals surface area contributed by atoms with Gasteiger partial charge >= 0.3 is 12.1 Å². The van der Waals surface area contributed by atoms with Gasteiger partial charge in [-0.1, -0.05) is 29.3 Å². The Morgan fingerprint density at radius 3 is 2.61 bits per heavy atom. The molecular formula is C16H19Cl2NO4. The number of hydrogen-bond acceptors (Lipinski definition) is 4. The van der Waals surface area contributed by atoms with E-state index in [0.717, 1.165) is 25.7 Å². The van der Waals surface area contributed by atoms with Crippen molar-refractivity contribution in [2.75, 3.05) is 7.11 Å². The molecular weight excluding hydrogens is 341 g/mol. The highest BCUT2D eigenvalue weighted by Crippen LogP contribution is 2.23.